The van der Waals surface area contributed by atoms with Gasteiger partial charge in [0.1, 0.15) is 11.5 Å². The molecule has 19 heavy (non-hydrogen) atoms. The first-order valence-electron chi connectivity index (χ1n) is 5.70. The van der Waals surface area contributed by atoms with Gasteiger partial charge in [0.2, 0.25) is 0 Å². The molecule has 0 heterocycles. The molecule has 0 aliphatic heterocycles. The van der Waals surface area contributed by atoms with E-state index < -0.39 is 24.1 Å². The zero-order valence-electron chi connectivity index (χ0n) is 9.95. The summed E-state index contributed by atoms with van der Waals surface area (Å²) < 4.78 is 0. The Morgan fingerprint density at radius 3 is 2.47 bits per heavy atom. The van der Waals surface area contributed by atoms with Crippen molar-refractivity contribution in [2.75, 3.05) is 6.61 Å². The third-order valence-corrected chi connectivity index (χ3v) is 3.42. The summed E-state index contributed by atoms with van der Waals surface area (Å²) in [7, 11) is 0. The molecule has 0 amide bonds. The van der Waals surface area contributed by atoms with E-state index in [1.807, 2.05) is 18.2 Å². The largest absolute Gasteiger partial charge is 0.481 e. The molecule has 4 nitrogen and oxygen atoms in total. The van der Waals surface area contributed by atoms with Gasteiger partial charge in [-0.05, 0) is 17.2 Å². The number of benzene rings is 1. The molecule has 0 bridgehead atoms. The Balaban J connectivity index is 2.50. The Morgan fingerprint density at radius 2 is 1.95 bits per heavy atom. The van der Waals surface area contributed by atoms with Gasteiger partial charge in [-0.2, -0.15) is 0 Å². The van der Waals surface area contributed by atoms with E-state index in [0.29, 0.717) is 5.57 Å². The monoisotopic (exact) mass is 280 g/mol. The van der Waals surface area contributed by atoms with Gasteiger partial charge in [-0.25, -0.2) is 0 Å². The van der Waals surface area contributed by atoms with Crippen molar-refractivity contribution in [2.45, 2.75) is 5.60 Å². The van der Waals surface area contributed by atoms with Crippen molar-refractivity contribution < 1.29 is 20.1 Å². The molecule has 1 aliphatic carbocycles. The van der Waals surface area contributed by atoms with Crippen LogP contribution >= 0.6 is 11.6 Å². The molecule has 0 spiro atoms. The highest BCUT2D eigenvalue weighted by Crippen LogP contribution is 2.37. The summed E-state index contributed by atoms with van der Waals surface area (Å²) >= 11 is 6.08. The number of carboxylic acids is 1. The second-order valence-corrected chi connectivity index (χ2v) is 4.81. The Hall–Kier alpha value is -1.62. The van der Waals surface area contributed by atoms with E-state index >= 15 is 0 Å². The lowest BCUT2D eigenvalue weighted by Gasteiger charge is -2.31. The molecule has 2 atom stereocenters. The van der Waals surface area contributed by atoms with Crippen molar-refractivity contribution in [1.29, 1.82) is 0 Å². The second kappa shape index (κ2) is 5.17. The Morgan fingerprint density at radius 1 is 1.32 bits per heavy atom. The molecule has 0 aromatic heterocycles. The molecule has 100 valence electrons. The maximum Gasteiger partial charge on any atom is 0.313 e. The van der Waals surface area contributed by atoms with E-state index in [0.717, 1.165) is 5.56 Å². The summed E-state index contributed by atoms with van der Waals surface area (Å²) in [5, 5.41) is 28.7. The smallest absolute Gasteiger partial charge is 0.313 e. The predicted molar refractivity (Wildman–Crippen MR) is 71.5 cm³/mol. The molecule has 2 rings (SSSR count). The van der Waals surface area contributed by atoms with E-state index in [9.17, 15) is 15.0 Å². The van der Waals surface area contributed by atoms with Gasteiger partial charge in [-0.3, -0.25) is 4.79 Å². The lowest BCUT2D eigenvalue weighted by Crippen LogP contribution is -2.44. The number of aliphatic hydroxyl groups is 2. The van der Waals surface area contributed by atoms with E-state index in [1.54, 1.807) is 12.1 Å². The summed E-state index contributed by atoms with van der Waals surface area (Å²) in [6.07, 6.45) is 2.56. The summed E-state index contributed by atoms with van der Waals surface area (Å²) in [6.45, 7) is -0.710. The van der Waals surface area contributed by atoms with Gasteiger partial charge < -0.3 is 15.3 Å². The highest BCUT2D eigenvalue weighted by molar-refractivity contribution is 6.37. The lowest BCUT2D eigenvalue weighted by molar-refractivity contribution is -0.148. The van der Waals surface area contributed by atoms with Gasteiger partial charge in [-0.15, -0.1) is 0 Å². The lowest BCUT2D eigenvalue weighted by atomic mass is 9.80. The minimum absolute atomic E-state index is 0.222. The Bertz CT molecular complexity index is 550. The van der Waals surface area contributed by atoms with Crippen molar-refractivity contribution in [3.63, 3.8) is 0 Å². The number of hydrogen-bond acceptors (Lipinski definition) is 3. The molecule has 1 aliphatic rings. The van der Waals surface area contributed by atoms with Crippen LogP contribution < -0.4 is 0 Å². The second-order valence-electron chi connectivity index (χ2n) is 4.40. The van der Waals surface area contributed by atoms with Gasteiger partial charge in [0.25, 0.3) is 0 Å². The zero-order chi connectivity index (χ0) is 14.0. The van der Waals surface area contributed by atoms with Gasteiger partial charge in [0, 0.05) is 5.03 Å². The first-order chi connectivity index (χ1) is 8.98. The fourth-order valence-corrected chi connectivity index (χ4v) is 2.42. The van der Waals surface area contributed by atoms with Crippen LogP contribution in [0.5, 0.6) is 0 Å². The number of aliphatic hydroxyl groups excluding tert-OH is 1. The van der Waals surface area contributed by atoms with Crippen molar-refractivity contribution >= 4 is 23.1 Å². The third-order valence-electron chi connectivity index (χ3n) is 3.11. The van der Waals surface area contributed by atoms with Crippen LogP contribution in [0.3, 0.4) is 0 Å². The minimum Gasteiger partial charge on any atom is -0.481 e. The molecule has 0 saturated carbocycles. The quantitative estimate of drug-likeness (QED) is 0.786. The molecular weight excluding hydrogens is 268 g/mol. The van der Waals surface area contributed by atoms with Crippen LogP contribution in [0.4, 0.5) is 0 Å². The highest BCUT2D eigenvalue weighted by Gasteiger charge is 2.41. The summed E-state index contributed by atoms with van der Waals surface area (Å²) in [5.74, 6) is -2.46. The SMILES string of the molecule is O=C(O)C1C=C(c2ccccc2)C(Cl)=CC1(O)CO. The third kappa shape index (κ3) is 2.56. The molecule has 3 N–H and O–H groups in total. The number of rotatable bonds is 3. The Kier molecular flexibility index (Phi) is 3.75. The topological polar surface area (TPSA) is 77.8 Å². The van der Waals surface area contributed by atoms with Crippen LogP contribution in [0.25, 0.3) is 5.57 Å². The number of allylic oxidation sites excluding steroid dienone is 2. The van der Waals surface area contributed by atoms with Gasteiger partial charge in [-0.1, -0.05) is 48.0 Å². The van der Waals surface area contributed by atoms with Crippen LogP contribution in [-0.2, 0) is 4.79 Å². The summed E-state index contributed by atoms with van der Waals surface area (Å²) in [6, 6.07) is 9.05. The first-order valence-corrected chi connectivity index (χ1v) is 6.08. The first kappa shape index (κ1) is 13.8. The van der Waals surface area contributed by atoms with E-state index in [2.05, 4.69) is 0 Å². The fraction of sp³-hybridized carbons (Fsp3) is 0.214. The molecule has 1 aromatic rings. The van der Waals surface area contributed by atoms with Crippen LogP contribution in [0, 0.1) is 5.92 Å². The molecule has 0 radical (unpaired) electrons. The van der Waals surface area contributed by atoms with E-state index in [4.69, 9.17) is 16.7 Å². The predicted octanol–water partition coefficient (Wildman–Crippen LogP) is 1.63. The van der Waals surface area contributed by atoms with Crippen LogP contribution in [-0.4, -0.2) is 33.5 Å². The maximum absolute atomic E-state index is 11.2. The molecule has 2 unspecified atom stereocenters. The maximum atomic E-state index is 11.2. The number of aliphatic carboxylic acids is 1. The minimum atomic E-state index is -1.87. The standard InChI is InChI=1S/C14H13ClO4/c15-12-7-14(19,8-16)11(13(17)18)6-10(12)9-4-2-1-3-5-9/h1-7,11,16,19H,8H2,(H,17,18). The molecule has 0 saturated heterocycles. The molecule has 0 fully saturated rings. The average Bonchev–Trinajstić information content (AvgIpc) is 2.39. The molecular formula is C14H13ClO4. The number of carbonyl (C=O) groups is 1. The van der Waals surface area contributed by atoms with E-state index in [1.165, 1.54) is 12.2 Å². The Labute approximate surface area is 115 Å². The zero-order valence-corrected chi connectivity index (χ0v) is 10.7. The average molecular weight is 281 g/mol. The van der Waals surface area contributed by atoms with Gasteiger partial charge >= 0.3 is 5.97 Å². The van der Waals surface area contributed by atoms with Crippen molar-refractivity contribution in [1.82, 2.24) is 0 Å². The van der Waals surface area contributed by atoms with Crippen molar-refractivity contribution in [3.05, 3.63) is 53.1 Å². The fourth-order valence-electron chi connectivity index (χ4n) is 2.06. The van der Waals surface area contributed by atoms with Gasteiger partial charge in [0.05, 0.1) is 6.61 Å². The van der Waals surface area contributed by atoms with Crippen LogP contribution in [0.1, 0.15) is 5.56 Å². The van der Waals surface area contributed by atoms with Crippen LogP contribution in [0.15, 0.2) is 47.5 Å². The summed E-state index contributed by atoms with van der Waals surface area (Å²) in [4.78, 5) is 11.2. The summed E-state index contributed by atoms with van der Waals surface area (Å²) in [5.41, 5.74) is -0.580. The highest BCUT2D eigenvalue weighted by atomic mass is 35.5. The molecule has 1 aromatic carbocycles. The number of hydrogen-bond donors (Lipinski definition) is 3. The number of carboxylic acid groups (broad SMARTS) is 1. The van der Waals surface area contributed by atoms with Crippen molar-refractivity contribution in [2.24, 2.45) is 5.92 Å². The van der Waals surface area contributed by atoms with E-state index in [-0.39, 0.29) is 5.03 Å². The van der Waals surface area contributed by atoms with Crippen LogP contribution in [0.2, 0.25) is 0 Å². The van der Waals surface area contributed by atoms with Crippen molar-refractivity contribution in [3.8, 4) is 0 Å². The van der Waals surface area contributed by atoms with Gasteiger partial charge in [0.15, 0.2) is 0 Å². The normalized spacial score (nSPS) is 26.6. The number of halogens is 1. The molecule has 5 heteroatoms.